The summed E-state index contributed by atoms with van der Waals surface area (Å²) in [6.45, 7) is 2.35. The van der Waals surface area contributed by atoms with Crippen LogP contribution in [-0.4, -0.2) is 30.1 Å². The zero-order valence-corrected chi connectivity index (χ0v) is 11.9. The fourth-order valence-electron chi connectivity index (χ4n) is 4.01. The smallest absolute Gasteiger partial charge is 0.123 e. The molecule has 20 heavy (non-hydrogen) atoms. The van der Waals surface area contributed by atoms with Gasteiger partial charge < -0.3 is 5.32 Å². The number of nitrogens with zero attached hydrogens (tertiary/aromatic N) is 1. The lowest BCUT2D eigenvalue weighted by atomic mass is 10.1. The lowest BCUT2D eigenvalue weighted by molar-refractivity contribution is 0.170. The van der Waals surface area contributed by atoms with Crippen molar-refractivity contribution in [2.75, 3.05) is 13.1 Å². The molecule has 1 aliphatic heterocycles. The number of halogens is 1. The maximum absolute atomic E-state index is 13.4. The number of nitrogens with one attached hydrogen (secondary N) is 1. The van der Waals surface area contributed by atoms with E-state index in [0.29, 0.717) is 12.1 Å². The maximum atomic E-state index is 13.4. The normalized spacial score (nSPS) is 29.1. The molecule has 1 heterocycles. The van der Waals surface area contributed by atoms with Crippen molar-refractivity contribution in [3.8, 4) is 0 Å². The number of aryl methyl sites for hydroxylation is 1. The van der Waals surface area contributed by atoms with E-state index >= 15 is 0 Å². The van der Waals surface area contributed by atoms with E-state index in [9.17, 15) is 4.39 Å². The monoisotopic (exact) mass is 274 g/mol. The molecule has 1 aromatic rings. The molecule has 2 nitrogen and oxygen atoms in total. The summed E-state index contributed by atoms with van der Waals surface area (Å²) in [5.74, 6) is -0.0835. The Bertz CT molecular complexity index is 492. The van der Waals surface area contributed by atoms with Crippen LogP contribution in [0.5, 0.6) is 0 Å². The van der Waals surface area contributed by atoms with E-state index in [4.69, 9.17) is 0 Å². The lowest BCUT2D eigenvalue weighted by Crippen LogP contribution is -2.40. The van der Waals surface area contributed by atoms with Gasteiger partial charge in [-0.3, -0.25) is 4.90 Å². The third kappa shape index (κ3) is 2.38. The second-order valence-electron chi connectivity index (χ2n) is 6.62. The Kier molecular flexibility index (Phi) is 3.27. The Labute approximate surface area is 120 Å². The van der Waals surface area contributed by atoms with E-state index in [1.807, 2.05) is 6.07 Å². The molecule has 4 rings (SSSR count). The van der Waals surface area contributed by atoms with Crippen molar-refractivity contribution >= 4 is 0 Å². The number of hydrogen-bond donors (Lipinski definition) is 1. The van der Waals surface area contributed by atoms with E-state index in [2.05, 4.69) is 10.2 Å². The minimum Gasteiger partial charge on any atom is -0.313 e. The fraction of sp³-hybridized carbons (Fsp3) is 0.647. The maximum Gasteiger partial charge on any atom is 0.123 e. The summed E-state index contributed by atoms with van der Waals surface area (Å²) in [5, 5.41) is 3.62. The molecule has 1 saturated heterocycles. The largest absolute Gasteiger partial charge is 0.313 e. The first-order valence-electron chi connectivity index (χ1n) is 8.09. The van der Waals surface area contributed by atoms with Crippen LogP contribution in [0.2, 0.25) is 0 Å². The highest BCUT2D eigenvalue weighted by Crippen LogP contribution is 2.42. The minimum atomic E-state index is -0.0835. The van der Waals surface area contributed by atoms with Gasteiger partial charge in [-0.2, -0.15) is 0 Å². The number of fused-ring (bicyclic) bond motifs is 1. The summed E-state index contributed by atoms with van der Waals surface area (Å²) in [6.07, 6.45) is 7.53. The first-order valence-corrected chi connectivity index (χ1v) is 8.09. The highest BCUT2D eigenvalue weighted by atomic mass is 19.1. The average molecular weight is 274 g/mol. The molecule has 2 unspecified atom stereocenters. The molecular weight excluding hydrogens is 251 g/mol. The summed E-state index contributed by atoms with van der Waals surface area (Å²) in [6, 6.07) is 7.38. The molecule has 2 atom stereocenters. The molecule has 3 heteroatoms. The second kappa shape index (κ2) is 5.12. The van der Waals surface area contributed by atoms with Crippen molar-refractivity contribution in [2.24, 2.45) is 0 Å². The molecule has 0 amide bonds. The number of rotatable bonds is 4. The van der Waals surface area contributed by atoms with Gasteiger partial charge in [0, 0.05) is 24.7 Å². The average Bonchev–Trinajstić information content (AvgIpc) is 3.00. The van der Waals surface area contributed by atoms with Crippen molar-refractivity contribution in [3.05, 3.63) is 35.1 Å². The van der Waals surface area contributed by atoms with Crippen LogP contribution in [-0.2, 0) is 6.42 Å². The molecule has 3 aliphatic rings. The summed E-state index contributed by atoms with van der Waals surface area (Å²) in [4.78, 5) is 2.72. The van der Waals surface area contributed by atoms with Crippen molar-refractivity contribution in [2.45, 2.75) is 56.7 Å². The highest BCUT2D eigenvalue weighted by Gasteiger charge is 2.38. The molecule has 0 bridgehead atoms. The molecule has 0 spiro atoms. The van der Waals surface area contributed by atoms with Crippen LogP contribution in [0.4, 0.5) is 4.39 Å². The van der Waals surface area contributed by atoms with E-state index in [1.165, 1.54) is 56.3 Å². The first kappa shape index (κ1) is 12.8. The molecule has 1 saturated carbocycles. The SMILES string of the molecule is Fc1ccc2c(c1)CCC2N(CC1CCCN1)C1CC1. The molecule has 108 valence electrons. The van der Waals surface area contributed by atoms with Crippen LogP contribution in [0.25, 0.3) is 0 Å². The van der Waals surface area contributed by atoms with Crippen molar-refractivity contribution < 1.29 is 4.39 Å². The predicted octanol–water partition coefficient (Wildman–Crippen LogP) is 3.03. The van der Waals surface area contributed by atoms with E-state index in [-0.39, 0.29) is 5.82 Å². The lowest BCUT2D eigenvalue weighted by Gasteiger charge is -2.32. The first-order chi connectivity index (χ1) is 9.81. The third-order valence-electron chi connectivity index (χ3n) is 5.16. The van der Waals surface area contributed by atoms with Crippen LogP contribution in [0, 0.1) is 5.82 Å². The summed E-state index contributed by atoms with van der Waals surface area (Å²) < 4.78 is 13.4. The van der Waals surface area contributed by atoms with E-state index < -0.39 is 0 Å². The van der Waals surface area contributed by atoms with Gasteiger partial charge in [-0.05, 0) is 68.3 Å². The second-order valence-corrected chi connectivity index (χ2v) is 6.62. The summed E-state index contributed by atoms with van der Waals surface area (Å²) >= 11 is 0. The predicted molar refractivity (Wildman–Crippen MR) is 78.2 cm³/mol. The van der Waals surface area contributed by atoms with Crippen molar-refractivity contribution in [1.82, 2.24) is 10.2 Å². The molecule has 1 N–H and O–H groups in total. The van der Waals surface area contributed by atoms with Crippen LogP contribution in [0.1, 0.15) is 49.3 Å². The molecule has 0 radical (unpaired) electrons. The standard InChI is InChI=1S/C17H23FN2/c18-13-4-7-16-12(10-13)3-8-17(16)20(15-5-6-15)11-14-2-1-9-19-14/h4,7,10,14-15,17,19H,1-3,5-6,8-9,11H2. The van der Waals surface area contributed by atoms with Gasteiger partial charge in [-0.1, -0.05) is 6.07 Å². The van der Waals surface area contributed by atoms with Gasteiger partial charge in [-0.25, -0.2) is 4.39 Å². The Balaban J connectivity index is 1.55. The van der Waals surface area contributed by atoms with Crippen LogP contribution in [0.15, 0.2) is 18.2 Å². The molecule has 0 aromatic heterocycles. The Morgan fingerprint density at radius 1 is 1.20 bits per heavy atom. The topological polar surface area (TPSA) is 15.3 Å². The van der Waals surface area contributed by atoms with Gasteiger partial charge in [0.15, 0.2) is 0 Å². The molecular formula is C17H23FN2. The molecule has 2 fully saturated rings. The Morgan fingerprint density at radius 2 is 2.10 bits per heavy atom. The quantitative estimate of drug-likeness (QED) is 0.908. The van der Waals surface area contributed by atoms with Gasteiger partial charge in [-0.15, -0.1) is 0 Å². The molecule has 2 aliphatic carbocycles. The fourth-order valence-corrected chi connectivity index (χ4v) is 4.01. The van der Waals surface area contributed by atoms with Gasteiger partial charge in [0.2, 0.25) is 0 Å². The van der Waals surface area contributed by atoms with E-state index in [1.54, 1.807) is 12.1 Å². The zero-order valence-electron chi connectivity index (χ0n) is 11.9. The Hall–Kier alpha value is -0.930. The zero-order chi connectivity index (χ0) is 13.5. The van der Waals surface area contributed by atoms with Crippen LogP contribution < -0.4 is 5.32 Å². The Morgan fingerprint density at radius 3 is 2.85 bits per heavy atom. The number of hydrogen-bond acceptors (Lipinski definition) is 2. The third-order valence-corrected chi connectivity index (χ3v) is 5.16. The molecule has 1 aromatic carbocycles. The van der Waals surface area contributed by atoms with Gasteiger partial charge >= 0.3 is 0 Å². The van der Waals surface area contributed by atoms with Crippen LogP contribution in [0.3, 0.4) is 0 Å². The van der Waals surface area contributed by atoms with E-state index in [0.717, 1.165) is 12.5 Å². The summed E-state index contributed by atoms with van der Waals surface area (Å²) in [5.41, 5.74) is 2.62. The van der Waals surface area contributed by atoms with Crippen molar-refractivity contribution in [3.63, 3.8) is 0 Å². The highest BCUT2D eigenvalue weighted by molar-refractivity contribution is 5.35. The summed E-state index contributed by atoms with van der Waals surface area (Å²) in [7, 11) is 0. The van der Waals surface area contributed by atoms with Crippen molar-refractivity contribution in [1.29, 1.82) is 0 Å². The van der Waals surface area contributed by atoms with Gasteiger partial charge in [0.1, 0.15) is 5.82 Å². The van der Waals surface area contributed by atoms with Gasteiger partial charge in [0.25, 0.3) is 0 Å². The van der Waals surface area contributed by atoms with Gasteiger partial charge in [0.05, 0.1) is 0 Å². The van der Waals surface area contributed by atoms with Crippen LogP contribution >= 0.6 is 0 Å². The minimum absolute atomic E-state index is 0.0835. The number of benzene rings is 1.